The van der Waals surface area contributed by atoms with Crippen molar-refractivity contribution >= 4 is 38.1 Å². The second-order valence-corrected chi connectivity index (χ2v) is 5.15. The fourth-order valence-corrected chi connectivity index (χ4v) is 2.65. The van der Waals surface area contributed by atoms with Crippen LogP contribution in [0, 0.1) is 13.8 Å². The fraction of sp³-hybridized carbons (Fsp3) is 0.182. The van der Waals surface area contributed by atoms with Crippen LogP contribution in [0.4, 0.5) is 10.8 Å². The van der Waals surface area contributed by atoms with E-state index in [-0.39, 0.29) is 0 Å². The van der Waals surface area contributed by atoms with Crippen LogP contribution in [0.1, 0.15) is 11.1 Å². The Morgan fingerprint density at radius 3 is 2.40 bits per heavy atom. The first-order valence-corrected chi connectivity index (χ1v) is 6.27. The minimum atomic E-state index is 0.874. The van der Waals surface area contributed by atoms with Gasteiger partial charge in [-0.25, -0.2) is 4.98 Å². The number of aryl methyl sites for hydroxylation is 2. The van der Waals surface area contributed by atoms with Crippen LogP contribution in [-0.4, -0.2) is 4.98 Å². The molecule has 0 atom stereocenters. The summed E-state index contributed by atoms with van der Waals surface area (Å²) in [7, 11) is 0. The van der Waals surface area contributed by atoms with Crippen LogP contribution in [0.15, 0.2) is 28.2 Å². The summed E-state index contributed by atoms with van der Waals surface area (Å²) in [4.78, 5) is 4.29. The number of nitrogens with zero attached hydrogens (tertiary/aromatic N) is 1. The predicted octanol–water partition coefficient (Wildman–Crippen LogP) is 4.27. The number of anilines is 2. The van der Waals surface area contributed by atoms with Crippen molar-refractivity contribution in [2.75, 3.05) is 5.32 Å². The SMILES string of the molecule is Cc1cc(C)cc(Nc2nc(Br)cs2)c1. The van der Waals surface area contributed by atoms with Gasteiger partial charge in [0.1, 0.15) is 4.60 Å². The van der Waals surface area contributed by atoms with Crippen LogP contribution < -0.4 is 5.32 Å². The van der Waals surface area contributed by atoms with E-state index in [1.54, 1.807) is 11.3 Å². The largest absolute Gasteiger partial charge is 0.332 e. The lowest BCUT2D eigenvalue weighted by atomic mass is 10.1. The molecule has 2 rings (SSSR count). The average molecular weight is 283 g/mol. The third-order valence-electron chi connectivity index (χ3n) is 1.95. The van der Waals surface area contributed by atoms with Gasteiger partial charge in [0.2, 0.25) is 0 Å². The molecular formula is C11H11BrN2S. The van der Waals surface area contributed by atoms with Gasteiger partial charge in [0, 0.05) is 11.1 Å². The van der Waals surface area contributed by atoms with Crippen molar-refractivity contribution < 1.29 is 0 Å². The van der Waals surface area contributed by atoms with E-state index in [0.717, 1.165) is 15.4 Å². The molecule has 15 heavy (non-hydrogen) atoms. The molecule has 0 bridgehead atoms. The van der Waals surface area contributed by atoms with E-state index in [1.165, 1.54) is 11.1 Å². The van der Waals surface area contributed by atoms with Gasteiger partial charge in [-0.3, -0.25) is 0 Å². The summed E-state index contributed by atoms with van der Waals surface area (Å²) in [5.41, 5.74) is 3.61. The second-order valence-electron chi connectivity index (χ2n) is 3.48. The Labute approximate surface area is 101 Å². The number of halogens is 1. The first-order chi connectivity index (χ1) is 7.13. The highest BCUT2D eigenvalue weighted by Crippen LogP contribution is 2.24. The summed E-state index contributed by atoms with van der Waals surface area (Å²) in [6, 6.07) is 6.38. The van der Waals surface area contributed by atoms with Gasteiger partial charge in [0.05, 0.1) is 0 Å². The molecular weight excluding hydrogens is 272 g/mol. The van der Waals surface area contributed by atoms with Gasteiger partial charge in [-0.2, -0.15) is 0 Å². The first-order valence-electron chi connectivity index (χ1n) is 4.60. The number of thiazole rings is 1. The maximum Gasteiger partial charge on any atom is 0.188 e. The van der Waals surface area contributed by atoms with Gasteiger partial charge in [-0.1, -0.05) is 6.07 Å². The van der Waals surface area contributed by atoms with Crippen LogP contribution in [0.5, 0.6) is 0 Å². The minimum Gasteiger partial charge on any atom is -0.332 e. The summed E-state index contributed by atoms with van der Waals surface area (Å²) >= 11 is 4.92. The number of aromatic nitrogens is 1. The van der Waals surface area contributed by atoms with E-state index in [0.29, 0.717) is 0 Å². The van der Waals surface area contributed by atoms with Crippen molar-refractivity contribution in [2.24, 2.45) is 0 Å². The fourth-order valence-electron chi connectivity index (χ4n) is 1.48. The molecule has 1 heterocycles. The molecule has 1 aromatic carbocycles. The van der Waals surface area contributed by atoms with Gasteiger partial charge >= 0.3 is 0 Å². The van der Waals surface area contributed by atoms with Crippen LogP contribution >= 0.6 is 27.3 Å². The first kappa shape index (κ1) is 10.6. The molecule has 2 aromatic rings. The number of hydrogen-bond acceptors (Lipinski definition) is 3. The van der Waals surface area contributed by atoms with Crippen LogP contribution in [0.2, 0.25) is 0 Å². The number of rotatable bonds is 2. The molecule has 4 heteroatoms. The Balaban J connectivity index is 2.24. The lowest BCUT2D eigenvalue weighted by Gasteiger charge is -2.05. The highest BCUT2D eigenvalue weighted by molar-refractivity contribution is 9.10. The molecule has 0 aliphatic carbocycles. The zero-order chi connectivity index (χ0) is 10.8. The average Bonchev–Trinajstić information content (AvgIpc) is 2.49. The summed E-state index contributed by atoms with van der Waals surface area (Å²) in [6.07, 6.45) is 0. The molecule has 0 spiro atoms. The van der Waals surface area contributed by atoms with Gasteiger partial charge in [0.15, 0.2) is 5.13 Å². The standard InChI is InChI=1S/C11H11BrN2S/c1-7-3-8(2)5-9(4-7)13-11-14-10(12)6-15-11/h3-6H,1-2H3,(H,13,14). The van der Waals surface area contributed by atoms with Crippen molar-refractivity contribution in [3.8, 4) is 0 Å². The third kappa shape index (κ3) is 2.79. The van der Waals surface area contributed by atoms with E-state index >= 15 is 0 Å². The number of hydrogen-bond donors (Lipinski definition) is 1. The van der Waals surface area contributed by atoms with Gasteiger partial charge in [-0.05, 0) is 53.0 Å². The Bertz CT molecular complexity index is 459. The Morgan fingerprint density at radius 2 is 1.87 bits per heavy atom. The number of benzene rings is 1. The second kappa shape index (κ2) is 4.33. The molecule has 0 fully saturated rings. The molecule has 0 aliphatic heterocycles. The molecule has 0 aliphatic rings. The van der Waals surface area contributed by atoms with Crippen molar-refractivity contribution in [3.63, 3.8) is 0 Å². The maximum absolute atomic E-state index is 4.29. The molecule has 1 aromatic heterocycles. The summed E-state index contributed by atoms with van der Waals surface area (Å²) in [5.74, 6) is 0. The summed E-state index contributed by atoms with van der Waals surface area (Å²) < 4.78 is 0.874. The van der Waals surface area contributed by atoms with Gasteiger partial charge < -0.3 is 5.32 Å². The third-order valence-corrected chi connectivity index (χ3v) is 3.42. The predicted molar refractivity (Wildman–Crippen MR) is 69.0 cm³/mol. The molecule has 0 unspecified atom stereocenters. The van der Waals surface area contributed by atoms with Crippen LogP contribution in [-0.2, 0) is 0 Å². The summed E-state index contributed by atoms with van der Waals surface area (Å²) in [5, 5.41) is 6.16. The zero-order valence-corrected chi connectivity index (χ0v) is 10.9. The van der Waals surface area contributed by atoms with Crippen molar-refractivity contribution in [1.82, 2.24) is 4.98 Å². The summed E-state index contributed by atoms with van der Waals surface area (Å²) in [6.45, 7) is 4.19. The molecule has 0 amide bonds. The lowest BCUT2D eigenvalue weighted by molar-refractivity contribution is 1.33. The minimum absolute atomic E-state index is 0.874. The topological polar surface area (TPSA) is 24.9 Å². The van der Waals surface area contributed by atoms with E-state index < -0.39 is 0 Å². The smallest absolute Gasteiger partial charge is 0.188 e. The highest BCUT2D eigenvalue weighted by atomic mass is 79.9. The molecule has 0 saturated heterocycles. The van der Waals surface area contributed by atoms with Crippen LogP contribution in [0.3, 0.4) is 0 Å². The van der Waals surface area contributed by atoms with E-state index in [4.69, 9.17) is 0 Å². The monoisotopic (exact) mass is 282 g/mol. The normalized spacial score (nSPS) is 10.3. The van der Waals surface area contributed by atoms with Gasteiger partial charge in [-0.15, -0.1) is 11.3 Å². The van der Waals surface area contributed by atoms with E-state index in [1.807, 2.05) is 5.38 Å². The molecule has 78 valence electrons. The van der Waals surface area contributed by atoms with E-state index in [9.17, 15) is 0 Å². The zero-order valence-electron chi connectivity index (χ0n) is 8.54. The number of nitrogens with one attached hydrogen (secondary N) is 1. The molecule has 0 saturated carbocycles. The van der Waals surface area contributed by atoms with Crippen molar-refractivity contribution in [3.05, 3.63) is 39.3 Å². The maximum atomic E-state index is 4.29. The highest BCUT2D eigenvalue weighted by Gasteiger charge is 2.00. The Morgan fingerprint density at radius 1 is 1.20 bits per heavy atom. The molecule has 0 radical (unpaired) electrons. The lowest BCUT2D eigenvalue weighted by Crippen LogP contribution is -1.90. The van der Waals surface area contributed by atoms with E-state index in [2.05, 4.69) is 58.3 Å². The Hall–Kier alpha value is -0.870. The van der Waals surface area contributed by atoms with Crippen LogP contribution in [0.25, 0.3) is 0 Å². The quantitative estimate of drug-likeness (QED) is 0.890. The Kier molecular flexibility index (Phi) is 3.07. The molecule has 2 nitrogen and oxygen atoms in total. The van der Waals surface area contributed by atoms with Gasteiger partial charge in [0.25, 0.3) is 0 Å². The van der Waals surface area contributed by atoms with Crippen molar-refractivity contribution in [2.45, 2.75) is 13.8 Å². The molecule has 1 N–H and O–H groups in total. The van der Waals surface area contributed by atoms with Crippen molar-refractivity contribution in [1.29, 1.82) is 0 Å².